The maximum atomic E-state index is 11.5. The summed E-state index contributed by atoms with van der Waals surface area (Å²) in [6.07, 6.45) is 2.69. The van der Waals surface area contributed by atoms with E-state index in [0.717, 1.165) is 4.90 Å². The minimum absolute atomic E-state index is 0.0405. The van der Waals surface area contributed by atoms with E-state index in [4.69, 9.17) is 0 Å². The number of nitrogens with one attached hydrogen (secondary N) is 1. The third kappa shape index (κ3) is 5.76. The molecule has 120 valence electrons. The summed E-state index contributed by atoms with van der Waals surface area (Å²) in [5.41, 5.74) is 1.94. The van der Waals surface area contributed by atoms with Gasteiger partial charge in [-0.05, 0) is 28.8 Å². The Kier molecular flexibility index (Phi) is 7.44. The molecular formula is C13H15BrN2O6. The Hall–Kier alpha value is -2.03. The van der Waals surface area contributed by atoms with Gasteiger partial charge in [0, 0.05) is 31.9 Å². The first-order chi connectivity index (χ1) is 10.5. The van der Waals surface area contributed by atoms with Crippen molar-refractivity contribution in [1.29, 1.82) is 0 Å². The zero-order valence-corrected chi connectivity index (χ0v) is 13.3. The fourth-order valence-electron chi connectivity index (χ4n) is 1.63. The number of unbranched alkanes of at least 4 members (excludes halogenated alkanes) is 1. The molecule has 0 bridgehead atoms. The molecule has 22 heavy (non-hydrogen) atoms. The minimum atomic E-state index is -0.627. The van der Waals surface area contributed by atoms with E-state index >= 15 is 0 Å². The Morgan fingerprint density at radius 1 is 1.27 bits per heavy atom. The summed E-state index contributed by atoms with van der Waals surface area (Å²) in [7, 11) is 0. The topological polar surface area (TPSA) is 110 Å². The third-order valence-electron chi connectivity index (χ3n) is 2.75. The van der Waals surface area contributed by atoms with Gasteiger partial charge in [0.25, 0.3) is 17.7 Å². The molecule has 1 N–H and O–H groups in total. The van der Waals surface area contributed by atoms with Gasteiger partial charge in [-0.1, -0.05) is 0 Å². The highest BCUT2D eigenvalue weighted by atomic mass is 79.9. The number of halogens is 1. The average molecular weight is 375 g/mol. The van der Waals surface area contributed by atoms with Crippen LogP contribution in [-0.4, -0.2) is 41.4 Å². The number of amides is 3. The molecule has 0 spiro atoms. The van der Waals surface area contributed by atoms with Gasteiger partial charge in [-0.2, -0.15) is 5.48 Å². The zero-order valence-electron chi connectivity index (χ0n) is 11.7. The van der Waals surface area contributed by atoms with Crippen LogP contribution in [0.1, 0.15) is 32.1 Å². The highest BCUT2D eigenvalue weighted by molar-refractivity contribution is 9.12. The molecule has 0 saturated heterocycles. The van der Waals surface area contributed by atoms with Crippen molar-refractivity contribution in [3.63, 3.8) is 0 Å². The van der Waals surface area contributed by atoms with Crippen LogP contribution in [0.2, 0.25) is 0 Å². The Balaban J connectivity index is 2.13. The van der Waals surface area contributed by atoms with E-state index in [1.165, 1.54) is 6.08 Å². The van der Waals surface area contributed by atoms with Gasteiger partial charge >= 0.3 is 5.97 Å². The van der Waals surface area contributed by atoms with Crippen molar-refractivity contribution in [2.24, 2.45) is 0 Å². The van der Waals surface area contributed by atoms with Crippen LogP contribution in [0, 0.1) is 0 Å². The van der Waals surface area contributed by atoms with Crippen LogP contribution in [0.3, 0.4) is 0 Å². The summed E-state index contributed by atoms with van der Waals surface area (Å²) in [6.45, 7) is 0.211. The van der Waals surface area contributed by atoms with Gasteiger partial charge in [-0.15, -0.1) is 0 Å². The van der Waals surface area contributed by atoms with E-state index in [1.807, 2.05) is 5.48 Å². The second-order valence-electron chi connectivity index (χ2n) is 4.45. The molecule has 1 aliphatic rings. The first kappa shape index (κ1) is 18.0. The number of carbonyl (C=O) groups is 5. The monoisotopic (exact) mass is 374 g/mol. The maximum Gasteiger partial charge on any atom is 0.332 e. The standard InChI is InChI=1S/C13H15BrN2O6/c14-9-8-11(19)16(13(9)21)6-2-1-5-12(20)22-15-10(18)4-3-7-17/h7-8H,1-6H2,(H,15,18). The van der Waals surface area contributed by atoms with E-state index in [1.54, 1.807) is 0 Å². The second-order valence-corrected chi connectivity index (χ2v) is 5.30. The highest BCUT2D eigenvalue weighted by Gasteiger charge is 2.28. The summed E-state index contributed by atoms with van der Waals surface area (Å²) in [4.78, 5) is 61.0. The lowest BCUT2D eigenvalue weighted by atomic mass is 10.2. The number of imide groups is 1. The Morgan fingerprint density at radius 2 is 2.00 bits per heavy atom. The molecule has 1 heterocycles. The zero-order chi connectivity index (χ0) is 16.5. The van der Waals surface area contributed by atoms with Crippen molar-refractivity contribution in [1.82, 2.24) is 10.4 Å². The normalized spacial score (nSPS) is 13.9. The number of hydroxylamine groups is 1. The molecule has 0 radical (unpaired) electrons. The Morgan fingerprint density at radius 3 is 2.59 bits per heavy atom. The number of hydrogen-bond donors (Lipinski definition) is 1. The molecule has 9 heteroatoms. The van der Waals surface area contributed by atoms with Crippen LogP contribution in [-0.2, 0) is 28.8 Å². The summed E-state index contributed by atoms with van der Waals surface area (Å²) in [5.74, 6) is -1.96. The fraction of sp³-hybridized carbons (Fsp3) is 0.462. The smallest absolute Gasteiger partial charge is 0.332 e. The molecule has 0 aliphatic carbocycles. The molecule has 0 aromatic heterocycles. The lowest BCUT2D eigenvalue weighted by Crippen LogP contribution is -2.31. The Bertz CT molecular complexity index is 517. The van der Waals surface area contributed by atoms with Crippen molar-refractivity contribution in [2.45, 2.75) is 32.1 Å². The van der Waals surface area contributed by atoms with E-state index in [9.17, 15) is 24.0 Å². The van der Waals surface area contributed by atoms with Crippen LogP contribution in [0.4, 0.5) is 0 Å². The van der Waals surface area contributed by atoms with Gasteiger partial charge in [-0.3, -0.25) is 19.3 Å². The molecule has 0 aromatic rings. The molecular weight excluding hydrogens is 360 g/mol. The number of aldehydes is 1. The van der Waals surface area contributed by atoms with E-state index in [0.29, 0.717) is 19.1 Å². The SMILES string of the molecule is O=CCCC(=O)NOC(=O)CCCCN1C(=O)C=C(Br)C1=O. The van der Waals surface area contributed by atoms with Crippen LogP contribution in [0.5, 0.6) is 0 Å². The quantitative estimate of drug-likeness (QED) is 0.284. The third-order valence-corrected chi connectivity index (χ3v) is 3.31. The summed E-state index contributed by atoms with van der Waals surface area (Å²) < 4.78 is 0.218. The molecule has 1 rings (SSSR count). The minimum Gasteiger partial charge on any atom is -0.341 e. The van der Waals surface area contributed by atoms with Gasteiger partial charge in [0.05, 0.1) is 4.48 Å². The molecule has 0 fully saturated rings. The fourth-order valence-corrected chi connectivity index (χ4v) is 2.04. The molecule has 0 aromatic carbocycles. The van der Waals surface area contributed by atoms with Crippen molar-refractivity contribution in [3.8, 4) is 0 Å². The second kappa shape index (κ2) is 9.08. The lowest BCUT2D eigenvalue weighted by molar-refractivity contribution is -0.158. The summed E-state index contributed by atoms with van der Waals surface area (Å²) in [5, 5.41) is 0. The molecule has 8 nitrogen and oxygen atoms in total. The van der Waals surface area contributed by atoms with Gasteiger partial charge < -0.3 is 9.63 Å². The van der Waals surface area contributed by atoms with Crippen LogP contribution < -0.4 is 5.48 Å². The van der Waals surface area contributed by atoms with E-state index in [-0.39, 0.29) is 36.2 Å². The van der Waals surface area contributed by atoms with E-state index in [2.05, 4.69) is 20.8 Å². The van der Waals surface area contributed by atoms with Gasteiger partial charge in [0.15, 0.2) is 0 Å². The molecule has 3 amide bonds. The average Bonchev–Trinajstić information content (AvgIpc) is 2.73. The van der Waals surface area contributed by atoms with E-state index < -0.39 is 17.8 Å². The van der Waals surface area contributed by atoms with Gasteiger partial charge in [-0.25, -0.2) is 4.79 Å². The molecule has 0 unspecified atom stereocenters. The summed E-state index contributed by atoms with van der Waals surface area (Å²) in [6, 6.07) is 0. The van der Waals surface area contributed by atoms with Crippen molar-refractivity contribution in [3.05, 3.63) is 10.6 Å². The predicted octanol–water partition coefficient (Wildman–Crippen LogP) is 0.358. The maximum absolute atomic E-state index is 11.5. The van der Waals surface area contributed by atoms with Gasteiger partial charge in [0.2, 0.25) is 0 Å². The largest absolute Gasteiger partial charge is 0.341 e. The number of carbonyl (C=O) groups excluding carboxylic acids is 5. The predicted molar refractivity (Wildman–Crippen MR) is 77.1 cm³/mol. The van der Waals surface area contributed by atoms with Crippen LogP contribution in [0.25, 0.3) is 0 Å². The molecule has 0 saturated carbocycles. The lowest BCUT2D eigenvalue weighted by Gasteiger charge is -2.13. The first-order valence-corrected chi connectivity index (χ1v) is 7.40. The molecule has 0 atom stereocenters. The van der Waals surface area contributed by atoms with Crippen LogP contribution in [0.15, 0.2) is 10.6 Å². The van der Waals surface area contributed by atoms with Crippen molar-refractivity contribution >= 4 is 45.9 Å². The first-order valence-electron chi connectivity index (χ1n) is 6.61. The van der Waals surface area contributed by atoms with Crippen molar-refractivity contribution in [2.75, 3.05) is 6.54 Å². The Labute approximate surface area is 134 Å². The number of rotatable bonds is 8. The van der Waals surface area contributed by atoms with Crippen LogP contribution >= 0.6 is 15.9 Å². The number of hydrogen-bond acceptors (Lipinski definition) is 6. The van der Waals surface area contributed by atoms with Gasteiger partial charge in [0.1, 0.15) is 6.29 Å². The van der Waals surface area contributed by atoms with Crippen molar-refractivity contribution < 1.29 is 28.8 Å². The summed E-state index contributed by atoms with van der Waals surface area (Å²) >= 11 is 2.98. The number of nitrogens with zero attached hydrogens (tertiary/aromatic N) is 1. The molecule has 1 aliphatic heterocycles. The highest BCUT2D eigenvalue weighted by Crippen LogP contribution is 2.18.